The van der Waals surface area contributed by atoms with Gasteiger partial charge in [-0.1, -0.05) is 26.1 Å². The number of carbonyl (C=O) groups excluding carboxylic acids is 1. The number of rotatable bonds is 4. The predicted octanol–water partition coefficient (Wildman–Crippen LogP) is 4.43. The van der Waals surface area contributed by atoms with Gasteiger partial charge >= 0.3 is 0 Å². The van der Waals surface area contributed by atoms with Crippen LogP contribution in [0.15, 0.2) is 23.4 Å². The van der Waals surface area contributed by atoms with Crippen LogP contribution in [0.2, 0.25) is 0 Å². The number of nitrogens with zero attached hydrogens (tertiary/aromatic N) is 4. The highest BCUT2D eigenvalue weighted by atomic mass is 32.2. The van der Waals surface area contributed by atoms with Gasteiger partial charge in [-0.3, -0.25) is 4.79 Å². The monoisotopic (exact) mass is 420 g/mol. The Morgan fingerprint density at radius 3 is 2.52 bits per heavy atom. The van der Waals surface area contributed by atoms with Crippen molar-refractivity contribution in [2.45, 2.75) is 51.2 Å². The molecule has 7 heteroatoms. The van der Waals surface area contributed by atoms with E-state index < -0.39 is 0 Å². The quantitative estimate of drug-likeness (QED) is 0.686. The van der Waals surface area contributed by atoms with Gasteiger partial charge in [0.1, 0.15) is 5.82 Å². The molecule has 160 valence electrons. The lowest BCUT2D eigenvalue weighted by Gasteiger charge is -2.37. The lowest BCUT2D eigenvalue weighted by Crippen LogP contribution is -2.45. The number of imidazole rings is 1. The van der Waals surface area contributed by atoms with Crippen molar-refractivity contribution in [3.8, 4) is 0 Å². The van der Waals surface area contributed by atoms with E-state index in [1.807, 2.05) is 6.07 Å². The van der Waals surface area contributed by atoms with Gasteiger partial charge in [0.25, 0.3) is 0 Å². The number of piperidine rings is 2. The Morgan fingerprint density at radius 2 is 1.86 bits per heavy atom. The first-order valence-electron chi connectivity index (χ1n) is 10.3. The SMILES string of the molecule is C.CCSc1nc2cc(F)ccc2n1C1CCN(C(=O)C2CCN(C)CC2)CC1. The van der Waals surface area contributed by atoms with Crippen molar-refractivity contribution in [3.63, 3.8) is 0 Å². The van der Waals surface area contributed by atoms with Crippen LogP contribution in [0.3, 0.4) is 0 Å². The van der Waals surface area contributed by atoms with Crippen molar-refractivity contribution in [2.24, 2.45) is 5.92 Å². The van der Waals surface area contributed by atoms with E-state index in [1.54, 1.807) is 11.8 Å². The van der Waals surface area contributed by atoms with Gasteiger partial charge < -0.3 is 14.4 Å². The Hall–Kier alpha value is -1.60. The van der Waals surface area contributed by atoms with Gasteiger partial charge in [0.15, 0.2) is 5.16 Å². The van der Waals surface area contributed by atoms with Crippen LogP contribution < -0.4 is 0 Å². The van der Waals surface area contributed by atoms with E-state index in [-0.39, 0.29) is 19.2 Å². The van der Waals surface area contributed by atoms with Gasteiger partial charge in [-0.05, 0) is 63.7 Å². The van der Waals surface area contributed by atoms with Crippen molar-refractivity contribution in [1.29, 1.82) is 0 Å². The molecule has 2 fully saturated rings. The minimum absolute atomic E-state index is 0. The molecule has 0 atom stereocenters. The number of hydrogen-bond donors (Lipinski definition) is 0. The number of hydrogen-bond acceptors (Lipinski definition) is 4. The second-order valence-electron chi connectivity index (χ2n) is 7.96. The summed E-state index contributed by atoms with van der Waals surface area (Å²) in [5.74, 6) is 1.21. The topological polar surface area (TPSA) is 41.4 Å². The van der Waals surface area contributed by atoms with Crippen LogP contribution in [-0.2, 0) is 4.79 Å². The lowest BCUT2D eigenvalue weighted by molar-refractivity contribution is -0.138. The second-order valence-corrected chi connectivity index (χ2v) is 9.20. The Morgan fingerprint density at radius 1 is 1.17 bits per heavy atom. The summed E-state index contributed by atoms with van der Waals surface area (Å²) in [5.41, 5.74) is 1.72. The number of likely N-dealkylation sites (tertiary alicyclic amines) is 2. The minimum Gasteiger partial charge on any atom is -0.342 e. The molecule has 0 spiro atoms. The maximum atomic E-state index is 13.6. The molecule has 1 aromatic heterocycles. The first-order valence-corrected chi connectivity index (χ1v) is 11.3. The molecule has 2 aliphatic heterocycles. The van der Waals surface area contributed by atoms with Crippen molar-refractivity contribution >= 4 is 28.7 Å². The number of halogens is 1. The van der Waals surface area contributed by atoms with Gasteiger partial charge in [0.2, 0.25) is 5.91 Å². The van der Waals surface area contributed by atoms with Crippen LogP contribution >= 0.6 is 11.8 Å². The Labute approximate surface area is 177 Å². The van der Waals surface area contributed by atoms with Crippen LogP contribution in [-0.4, -0.2) is 64.2 Å². The summed E-state index contributed by atoms with van der Waals surface area (Å²) in [6, 6.07) is 5.18. The normalized spacial score (nSPS) is 19.5. The maximum Gasteiger partial charge on any atom is 0.225 e. The van der Waals surface area contributed by atoms with E-state index in [9.17, 15) is 9.18 Å². The second kappa shape index (κ2) is 9.47. The molecule has 5 nitrogen and oxygen atoms in total. The Bertz CT molecular complexity index is 839. The van der Waals surface area contributed by atoms with E-state index in [0.29, 0.717) is 11.9 Å². The third-order valence-electron chi connectivity index (χ3n) is 6.10. The van der Waals surface area contributed by atoms with E-state index >= 15 is 0 Å². The summed E-state index contributed by atoms with van der Waals surface area (Å²) in [6.45, 7) is 5.74. The summed E-state index contributed by atoms with van der Waals surface area (Å²) in [7, 11) is 2.12. The van der Waals surface area contributed by atoms with E-state index in [4.69, 9.17) is 0 Å². The molecule has 1 amide bonds. The zero-order chi connectivity index (χ0) is 19.7. The first-order chi connectivity index (χ1) is 13.6. The van der Waals surface area contributed by atoms with Crippen LogP contribution in [0.1, 0.15) is 46.1 Å². The van der Waals surface area contributed by atoms with Gasteiger partial charge in [0, 0.05) is 31.1 Å². The summed E-state index contributed by atoms with van der Waals surface area (Å²) >= 11 is 1.70. The molecule has 2 aliphatic rings. The largest absolute Gasteiger partial charge is 0.342 e. The average molecular weight is 421 g/mol. The number of carbonyl (C=O) groups is 1. The minimum atomic E-state index is -0.247. The van der Waals surface area contributed by atoms with Gasteiger partial charge in [-0.2, -0.15) is 0 Å². The molecule has 4 rings (SSSR count). The molecule has 3 heterocycles. The van der Waals surface area contributed by atoms with Gasteiger partial charge in [0.05, 0.1) is 11.0 Å². The molecule has 0 saturated carbocycles. The summed E-state index contributed by atoms with van der Waals surface area (Å²) in [5, 5.41) is 0.961. The molecule has 0 N–H and O–H groups in total. The van der Waals surface area contributed by atoms with E-state index in [2.05, 4.69) is 33.3 Å². The smallest absolute Gasteiger partial charge is 0.225 e. The third-order valence-corrected chi connectivity index (χ3v) is 6.94. The van der Waals surface area contributed by atoms with E-state index in [1.165, 1.54) is 12.1 Å². The van der Waals surface area contributed by atoms with Gasteiger partial charge in [-0.15, -0.1) is 0 Å². The Balaban J connectivity index is 0.00000240. The van der Waals surface area contributed by atoms with Crippen LogP contribution in [0.25, 0.3) is 11.0 Å². The molecule has 1 aromatic carbocycles. The third kappa shape index (κ3) is 4.61. The zero-order valence-electron chi connectivity index (χ0n) is 16.7. The lowest BCUT2D eigenvalue weighted by atomic mass is 9.94. The molecule has 2 saturated heterocycles. The van der Waals surface area contributed by atoms with Crippen LogP contribution in [0, 0.1) is 11.7 Å². The van der Waals surface area contributed by atoms with Crippen molar-refractivity contribution in [2.75, 3.05) is 39.0 Å². The predicted molar refractivity (Wildman–Crippen MR) is 118 cm³/mol. The summed E-state index contributed by atoms with van der Waals surface area (Å²) in [6.07, 6.45) is 3.81. The fraction of sp³-hybridized carbons (Fsp3) is 0.636. The first kappa shape index (κ1) is 22.1. The molecule has 0 unspecified atom stereocenters. The molecular formula is C22H33FN4OS. The number of amides is 1. The molecule has 0 radical (unpaired) electrons. The van der Waals surface area contributed by atoms with Crippen molar-refractivity contribution in [3.05, 3.63) is 24.0 Å². The molecule has 0 bridgehead atoms. The molecule has 0 aliphatic carbocycles. The van der Waals surface area contributed by atoms with Crippen LogP contribution in [0.5, 0.6) is 0 Å². The highest BCUT2D eigenvalue weighted by Gasteiger charge is 2.31. The standard InChI is InChI=1S/C21H29FN4OS.CH4/c1-3-28-21-23-18-14-16(22)4-5-19(18)26(21)17-8-12-25(13-9-17)20(27)15-6-10-24(2)11-7-15;/h4-5,14-15,17H,3,6-13H2,1-2H3;1H4. The number of fused-ring (bicyclic) bond motifs is 1. The fourth-order valence-electron chi connectivity index (χ4n) is 4.49. The molecule has 2 aromatic rings. The summed E-state index contributed by atoms with van der Waals surface area (Å²) in [4.78, 5) is 22.0. The van der Waals surface area contributed by atoms with Crippen molar-refractivity contribution < 1.29 is 9.18 Å². The number of benzene rings is 1. The van der Waals surface area contributed by atoms with Gasteiger partial charge in [-0.25, -0.2) is 9.37 Å². The number of thioether (sulfide) groups is 1. The fourth-order valence-corrected chi connectivity index (χ4v) is 5.30. The van der Waals surface area contributed by atoms with Crippen LogP contribution in [0.4, 0.5) is 4.39 Å². The number of aromatic nitrogens is 2. The molecule has 29 heavy (non-hydrogen) atoms. The Kier molecular flexibility index (Phi) is 7.22. The summed E-state index contributed by atoms with van der Waals surface area (Å²) < 4.78 is 15.9. The zero-order valence-corrected chi connectivity index (χ0v) is 17.6. The molecular weight excluding hydrogens is 387 g/mol. The van der Waals surface area contributed by atoms with E-state index in [0.717, 1.165) is 73.8 Å². The highest BCUT2D eigenvalue weighted by Crippen LogP contribution is 2.34. The average Bonchev–Trinajstić information content (AvgIpc) is 3.05. The maximum absolute atomic E-state index is 13.6. The van der Waals surface area contributed by atoms with Crippen molar-refractivity contribution in [1.82, 2.24) is 19.4 Å². The highest BCUT2D eigenvalue weighted by molar-refractivity contribution is 7.99.